The molecule has 0 radical (unpaired) electrons. The van der Waals surface area contributed by atoms with E-state index in [4.69, 9.17) is 11.6 Å². The van der Waals surface area contributed by atoms with Crippen LogP contribution in [0.5, 0.6) is 0 Å². The molecule has 0 aliphatic carbocycles. The second-order valence-electron chi connectivity index (χ2n) is 4.07. The van der Waals surface area contributed by atoms with Crippen LogP contribution in [-0.2, 0) is 13.1 Å². The minimum absolute atomic E-state index is 0.284. The van der Waals surface area contributed by atoms with Crippen LogP contribution in [-0.4, -0.2) is 4.98 Å². The van der Waals surface area contributed by atoms with Crippen LogP contribution in [0.3, 0.4) is 0 Å². The summed E-state index contributed by atoms with van der Waals surface area (Å²) in [6, 6.07) is 8.60. The van der Waals surface area contributed by atoms with E-state index < -0.39 is 0 Å². The number of nitrogens with one attached hydrogen (secondary N) is 1. The fourth-order valence-electron chi connectivity index (χ4n) is 1.71. The summed E-state index contributed by atoms with van der Waals surface area (Å²) in [6.07, 6.45) is 1.75. The summed E-state index contributed by atoms with van der Waals surface area (Å²) in [5, 5.41) is 3.60. The maximum absolute atomic E-state index is 13.5. The second-order valence-corrected chi connectivity index (χ2v) is 4.48. The van der Waals surface area contributed by atoms with Gasteiger partial charge in [-0.25, -0.2) is 4.39 Å². The van der Waals surface area contributed by atoms with Crippen LogP contribution in [0.15, 0.2) is 36.5 Å². The third-order valence-electron chi connectivity index (χ3n) is 2.77. The number of aromatic nitrogens is 1. The van der Waals surface area contributed by atoms with Crippen LogP contribution >= 0.6 is 11.6 Å². The first-order chi connectivity index (χ1) is 8.68. The molecule has 1 heterocycles. The molecule has 0 aliphatic rings. The first-order valence-electron chi connectivity index (χ1n) is 5.72. The smallest absolute Gasteiger partial charge is 0.129 e. The number of benzene rings is 1. The van der Waals surface area contributed by atoms with Gasteiger partial charge in [-0.05, 0) is 30.7 Å². The monoisotopic (exact) mass is 264 g/mol. The Morgan fingerprint density at radius 1 is 1.22 bits per heavy atom. The molecule has 2 nitrogen and oxygen atoms in total. The molecule has 0 saturated carbocycles. The molecule has 1 N–H and O–H groups in total. The highest BCUT2D eigenvalue weighted by atomic mass is 35.5. The summed E-state index contributed by atoms with van der Waals surface area (Å²) in [6.45, 7) is 2.99. The molecule has 94 valence electrons. The summed E-state index contributed by atoms with van der Waals surface area (Å²) in [5.74, 6) is -0.284. The highest BCUT2D eigenvalue weighted by Gasteiger charge is 2.06. The van der Waals surface area contributed by atoms with E-state index >= 15 is 0 Å². The summed E-state index contributed by atoms with van der Waals surface area (Å²) < 4.78 is 13.5. The Morgan fingerprint density at radius 3 is 2.78 bits per heavy atom. The number of hydrogen-bond acceptors (Lipinski definition) is 2. The van der Waals surface area contributed by atoms with Crippen LogP contribution in [0.25, 0.3) is 0 Å². The summed E-state index contributed by atoms with van der Waals surface area (Å²) in [7, 11) is 0. The van der Waals surface area contributed by atoms with E-state index in [1.807, 2.05) is 19.1 Å². The number of hydrogen-bond donors (Lipinski definition) is 1. The normalized spacial score (nSPS) is 10.6. The molecule has 0 saturated heterocycles. The predicted octanol–water partition coefficient (Wildman–Crippen LogP) is 3.47. The molecule has 4 heteroatoms. The van der Waals surface area contributed by atoms with E-state index in [-0.39, 0.29) is 5.82 Å². The Balaban J connectivity index is 1.99. The zero-order valence-corrected chi connectivity index (χ0v) is 10.8. The summed E-state index contributed by atoms with van der Waals surface area (Å²) >= 11 is 5.95. The Bertz CT molecular complexity index is 523. The Morgan fingerprint density at radius 2 is 2.06 bits per heavy atom. The molecule has 1 aromatic carbocycles. The maximum Gasteiger partial charge on any atom is 0.129 e. The number of rotatable bonds is 4. The Hall–Kier alpha value is -1.45. The van der Waals surface area contributed by atoms with Crippen LogP contribution in [0.1, 0.15) is 16.8 Å². The first kappa shape index (κ1) is 13.0. The van der Waals surface area contributed by atoms with Crippen molar-refractivity contribution in [3.05, 3.63) is 64.2 Å². The van der Waals surface area contributed by atoms with Crippen LogP contribution in [0, 0.1) is 12.7 Å². The van der Waals surface area contributed by atoms with E-state index in [9.17, 15) is 4.39 Å². The Labute approximate surface area is 111 Å². The lowest BCUT2D eigenvalue weighted by Crippen LogP contribution is -2.15. The molecule has 18 heavy (non-hydrogen) atoms. The summed E-state index contributed by atoms with van der Waals surface area (Å²) in [5.41, 5.74) is 2.57. The summed E-state index contributed by atoms with van der Waals surface area (Å²) in [4.78, 5) is 4.27. The van der Waals surface area contributed by atoms with Gasteiger partial charge in [-0.2, -0.15) is 0 Å². The number of nitrogens with zero attached hydrogens (tertiary/aromatic N) is 1. The van der Waals surface area contributed by atoms with E-state index in [0.717, 1.165) is 11.3 Å². The van der Waals surface area contributed by atoms with Crippen LogP contribution < -0.4 is 5.32 Å². The standard InChI is InChI=1S/C14H14ClFN2/c1-10-4-3-7-18-14(10)9-17-8-11-12(15)5-2-6-13(11)16/h2-7,17H,8-9H2,1H3. The number of aryl methyl sites for hydroxylation is 1. The quantitative estimate of drug-likeness (QED) is 0.915. The van der Waals surface area contributed by atoms with Crippen molar-refractivity contribution in [2.45, 2.75) is 20.0 Å². The van der Waals surface area contributed by atoms with Crippen molar-refractivity contribution in [1.82, 2.24) is 10.3 Å². The number of halogens is 2. The molecule has 0 spiro atoms. The molecule has 0 atom stereocenters. The van der Waals surface area contributed by atoms with E-state index in [1.165, 1.54) is 6.07 Å². The third kappa shape index (κ3) is 3.06. The van der Waals surface area contributed by atoms with Gasteiger partial charge in [0, 0.05) is 29.9 Å². The zero-order chi connectivity index (χ0) is 13.0. The predicted molar refractivity (Wildman–Crippen MR) is 70.9 cm³/mol. The highest BCUT2D eigenvalue weighted by molar-refractivity contribution is 6.31. The molecule has 0 fully saturated rings. The largest absolute Gasteiger partial charge is 0.307 e. The van der Waals surface area contributed by atoms with E-state index in [0.29, 0.717) is 23.7 Å². The fourth-order valence-corrected chi connectivity index (χ4v) is 1.94. The lowest BCUT2D eigenvalue weighted by molar-refractivity contribution is 0.585. The van der Waals surface area contributed by atoms with Gasteiger partial charge in [-0.1, -0.05) is 23.7 Å². The highest BCUT2D eigenvalue weighted by Crippen LogP contribution is 2.18. The fraction of sp³-hybridized carbons (Fsp3) is 0.214. The van der Waals surface area contributed by atoms with Gasteiger partial charge in [0.15, 0.2) is 0 Å². The third-order valence-corrected chi connectivity index (χ3v) is 3.13. The molecular formula is C14H14ClFN2. The SMILES string of the molecule is Cc1cccnc1CNCc1c(F)cccc1Cl. The molecule has 1 aromatic heterocycles. The van der Waals surface area contributed by atoms with Crippen molar-refractivity contribution in [2.24, 2.45) is 0 Å². The lowest BCUT2D eigenvalue weighted by Gasteiger charge is -2.08. The van der Waals surface area contributed by atoms with E-state index in [2.05, 4.69) is 10.3 Å². The minimum atomic E-state index is -0.284. The van der Waals surface area contributed by atoms with Gasteiger partial charge in [-0.3, -0.25) is 4.98 Å². The van der Waals surface area contributed by atoms with Crippen molar-refractivity contribution in [3.8, 4) is 0 Å². The molecule has 2 rings (SSSR count). The molecular weight excluding hydrogens is 251 g/mol. The zero-order valence-electron chi connectivity index (χ0n) is 10.1. The van der Waals surface area contributed by atoms with Gasteiger partial charge < -0.3 is 5.32 Å². The van der Waals surface area contributed by atoms with Gasteiger partial charge >= 0.3 is 0 Å². The first-order valence-corrected chi connectivity index (χ1v) is 6.10. The van der Waals surface area contributed by atoms with Gasteiger partial charge in [-0.15, -0.1) is 0 Å². The lowest BCUT2D eigenvalue weighted by atomic mass is 10.2. The molecule has 0 aliphatic heterocycles. The van der Waals surface area contributed by atoms with E-state index in [1.54, 1.807) is 18.3 Å². The molecule has 0 unspecified atom stereocenters. The van der Waals surface area contributed by atoms with Crippen molar-refractivity contribution < 1.29 is 4.39 Å². The average molecular weight is 265 g/mol. The van der Waals surface area contributed by atoms with Crippen LogP contribution in [0.2, 0.25) is 5.02 Å². The van der Waals surface area contributed by atoms with Gasteiger partial charge in [0.25, 0.3) is 0 Å². The van der Waals surface area contributed by atoms with Crippen molar-refractivity contribution >= 4 is 11.6 Å². The molecule has 2 aromatic rings. The van der Waals surface area contributed by atoms with Gasteiger partial charge in [0.2, 0.25) is 0 Å². The number of pyridine rings is 1. The minimum Gasteiger partial charge on any atom is -0.307 e. The van der Waals surface area contributed by atoms with Crippen molar-refractivity contribution in [2.75, 3.05) is 0 Å². The molecule has 0 bridgehead atoms. The average Bonchev–Trinajstić information content (AvgIpc) is 2.35. The maximum atomic E-state index is 13.5. The Kier molecular flexibility index (Phi) is 4.28. The van der Waals surface area contributed by atoms with Crippen LogP contribution in [0.4, 0.5) is 4.39 Å². The van der Waals surface area contributed by atoms with Crippen molar-refractivity contribution in [1.29, 1.82) is 0 Å². The van der Waals surface area contributed by atoms with Gasteiger partial charge in [0.1, 0.15) is 5.82 Å². The molecule has 0 amide bonds. The van der Waals surface area contributed by atoms with Gasteiger partial charge in [0.05, 0.1) is 5.69 Å². The second kappa shape index (κ2) is 5.94. The topological polar surface area (TPSA) is 24.9 Å². The van der Waals surface area contributed by atoms with Crippen molar-refractivity contribution in [3.63, 3.8) is 0 Å².